The highest BCUT2D eigenvalue weighted by molar-refractivity contribution is 14.2. The average Bonchev–Trinajstić information content (AvgIpc) is 3.28. The standard InChI is InChI=1S/C27H35F3IN3O2/c1-18(2)36-21-8-7-20(17-19(21)3)24(35)33-13-11-26(12-14-33)22-9-10-23(34(22)16-15-32(26)6)27(29,30)25(4,28)31-5/h7-10,17-18H,5,11-16H2,1-4,6H3/t25-/m1/s1. The predicted molar refractivity (Wildman–Crippen MR) is 145 cm³/mol. The monoisotopic (exact) mass is 617 g/mol. The van der Waals surface area contributed by atoms with Gasteiger partial charge in [0.15, 0.2) is 0 Å². The number of piperidine rings is 1. The van der Waals surface area contributed by atoms with Crippen molar-refractivity contribution in [3.8, 4) is 5.75 Å². The molecule has 1 amide bonds. The van der Waals surface area contributed by atoms with Crippen molar-refractivity contribution in [2.24, 2.45) is 0 Å². The number of alkyl halides is 4. The number of likely N-dealkylation sites (tertiary alicyclic amines) is 1. The summed E-state index contributed by atoms with van der Waals surface area (Å²) in [5, 5.41) is 0. The van der Waals surface area contributed by atoms with Crippen LogP contribution in [0.3, 0.4) is 0 Å². The zero-order valence-electron chi connectivity index (χ0n) is 21.6. The third-order valence-electron chi connectivity index (χ3n) is 7.63. The predicted octanol–water partition coefficient (Wildman–Crippen LogP) is 5.84. The molecule has 0 saturated carbocycles. The number of halogens is 4. The number of fused-ring (bicyclic) bond motifs is 2. The highest BCUT2D eigenvalue weighted by Gasteiger charge is 2.55. The lowest BCUT2D eigenvalue weighted by Crippen LogP contribution is -2.57. The van der Waals surface area contributed by atoms with E-state index in [9.17, 15) is 9.18 Å². The summed E-state index contributed by atoms with van der Waals surface area (Å²) < 4.78 is 53.5. The maximum Gasteiger partial charge on any atom is 0.329 e. The summed E-state index contributed by atoms with van der Waals surface area (Å²) in [4.78, 5) is 17.3. The molecular weight excluding hydrogens is 582 g/mol. The lowest BCUT2D eigenvalue weighted by molar-refractivity contribution is -0.0887. The van der Waals surface area contributed by atoms with Crippen molar-refractivity contribution in [3.05, 3.63) is 52.8 Å². The largest absolute Gasteiger partial charge is 0.491 e. The van der Waals surface area contributed by atoms with Gasteiger partial charge in [0.25, 0.3) is 5.91 Å². The lowest BCUT2D eigenvalue weighted by Gasteiger charge is -2.51. The first-order valence-corrected chi connectivity index (χ1v) is 14.9. The number of carbonyl (C=O) groups is 1. The molecule has 1 atom stereocenters. The van der Waals surface area contributed by atoms with Gasteiger partial charge in [-0.05, 0) is 83.5 Å². The Bertz CT molecular complexity index is 1150. The van der Waals surface area contributed by atoms with Gasteiger partial charge in [-0.1, -0.05) is 25.2 Å². The number of carbonyl (C=O) groups excluding carboxylic acids is 1. The van der Waals surface area contributed by atoms with Crippen molar-refractivity contribution in [1.29, 1.82) is 0 Å². The molecule has 198 valence electrons. The lowest BCUT2D eigenvalue weighted by atomic mass is 9.81. The van der Waals surface area contributed by atoms with Crippen LogP contribution in [0.2, 0.25) is 0 Å². The Balaban J connectivity index is 1.56. The summed E-state index contributed by atoms with van der Waals surface area (Å²) in [5.74, 6) is -2.88. The molecule has 2 aromatic rings. The summed E-state index contributed by atoms with van der Waals surface area (Å²) in [6, 6.07) is 8.60. The number of hydrogen-bond acceptors (Lipinski definition) is 3. The molecule has 0 N–H and O–H groups in total. The molecule has 2 aliphatic rings. The number of likely N-dealkylation sites (N-methyl/N-ethyl adjacent to an activating group) is 1. The quantitative estimate of drug-likeness (QED) is 0.302. The fourth-order valence-electron chi connectivity index (χ4n) is 5.43. The van der Waals surface area contributed by atoms with Crippen molar-refractivity contribution < 1.29 is 22.7 Å². The zero-order chi connectivity index (χ0) is 26.5. The van der Waals surface area contributed by atoms with Crippen LogP contribution in [0.1, 0.15) is 60.9 Å². The minimum absolute atomic E-state index is 0.0438. The van der Waals surface area contributed by atoms with Gasteiger partial charge in [0.05, 0.1) is 17.3 Å². The maximum absolute atomic E-state index is 15.2. The number of amides is 1. The number of benzene rings is 1. The fourth-order valence-corrected chi connectivity index (χ4v) is 6.18. The van der Waals surface area contributed by atoms with Crippen LogP contribution in [0.5, 0.6) is 5.75 Å². The molecule has 0 unspecified atom stereocenters. The van der Waals surface area contributed by atoms with Crippen LogP contribution in [-0.2, 0) is 18.0 Å². The number of aromatic nitrogens is 1. The van der Waals surface area contributed by atoms with E-state index < -0.39 is 35.9 Å². The van der Waals surface area contributed by atoms with Gasteiger partial charge >= 0.3 is 5.92 Å². The SMILES string of the molecule is C=I[C@@](C)(F)C(F)(F)c1ccc2n1CCN(C)C21CCN(C(=O)c2ccc(OC(C)C)c(C)c2)CC1. The van der Waals surface area contributed by atoms with Gasteiger partial charge in [0, 0.05) is 37.4 Å². The Morgan fingerprint density at radius 2 is 1.78 bits per heavy atom. The van der Waals surface area contributed by atoms with Crippen LogP contribution >= 0.6 is 20.7 Å². The van der Waals surface area contributed by atoms with E-state index in [1.165, 1.54) is 6.07 Å². The summed E-state index contributed by atoms with van der Waals surface area (Å²) in [6.45, 7) is 8.79. The van der Waals surface area contributed by atoms with Crippen molar-refractivity contribution in [3.63, 3.8) is 0 Å². The molecule has 1 aromatic heterocycles. The van der Waals surface area contributed by atoms with E-state index in [4.69, 9.17) is 4.74 Å². The minimum Gasteiger partial charge on any atom is -0.491 e. The number of ether oxygens (including phenoxy) is 1. The summed E-state index contributed by atoms with van der Waals surface area (Å²) in [7, 11) is 2.00. The van der Waals surface area contributed by atoms with Crippen molar-refractivity contribution in [1.82, 2.24) is 14.4 Å². The van der Waals surface area contributed by atoms with E-state index in [-0.39, 0.29) is 17.7 Å². The molecule has 0 radical (unpaired) electrons. The molecule has 0 bridgehead atoms. The Morgan fingerprint density at radius 1 is 1.11 bits per heavy atom. The molecule has 36 heavy (non-hydrogen) atoms. The molecule has 2 aliphatic heterocycles. The zero-order valence-corrected chi connectivity index (χ0v) is 23.7. The number of nitrogens with zero attached hydrogens (tertiary/aromatic N) is 3. The van der Waals surface area contributed by atoms with Gasteiger partial charge < -0.3 is 14.2 Å². The fraction of sp³-hybridized carbons (Fsp3) is 0.556. The second-order valence-electron chi connectivity index (χ2n) is 10.2. The number of hydrogen-bond donors (Lipinski definition) is 0. The molecule has 9 heteroatoms. The third-order valence-corrected chi connectivity index (χ3v) is 9.74. The van der Waals surface area contributed by atoms with Crippen LogP contribution < -0.4 is 4.74 Å². The molecule has 1 fully saturated rings. The summed E-state index contributed by atoms with van der Waals surface area (Å²) in [6.07, 6.45) is 1.29. The topological polar surface area (TPSA) is 37.7 Å². The highest BCUT2D eigenvalue weighted by Crippen LogP contribution is 2.50. The average molecular weight is 617 g/mol. The van der Waals surface area contributed by atoms with Gasteiger partial charge in [0.1, 0.15) is 5.75 Å². The van der Waals surface area contributed by atoms with Gasteiger partial charge in [0.2, 0.25) is 3.68 Å². The molecule has 3 heterocycles. The summed E-state index contributed by atoms with van der Waals surface area (Å²) in [5.41, 5.74) is 1.56. The first kappa shape index (κ1) is 27.2. The van der Waals surface area contributed by atoms with E-state index in [0.29, 0.717) is 44.6 Å². The van der Waals surface area contributed by atoms with Crippen LogP contribution in [0.25, 0.3) is 0 Å². The normalized spacial score (nSPS) is 19.9. The van der Waals surface area contributed by atoms with E-state index >= 15 is 8.78 Å². The van der Waals surface area contributed by atoms with E-state index in [1.54, 1.807) is 16.7 Å². The minimum atomic E-state index is -3.60. The van der Waals surface area contributed by atoms with Gasteiger partial charge in [-0.15, -0.1) is 0 Å². The van der Waals surface area contributed by atoms with E-state index in [0.717, 1.165) is 23.9 Å². The Hall–Kier alpha value is -1.88. The second kappa shape index (κ2) is 9.78. The van der Waals surface area contributed by atoms with Crippen molar-refractivity contribution in [2.45, 2.75) is 68.3 Å². The van der Waals surface area contributed by atoms with Crippen LogP contribution in [-0.4, -0.2) is 61.3 Å². The Kier molecular flexibility index (Phi) is 7.38. The molecular formula is C27H35F3IN3O2. The molecule has 5 nitrogen and oxygen atoms in total. The molecule has 1 aromatic carbocycles. The molecule has 1 saturated heterocycles. The van der Waals surface area contributed by atoms with Crippen molar-refractivity contribution in [2.75, 3.05) is 26.7 Å². The highest BCUT2D eigenvalue weighted by atomic mass is 127. The van der Waals surface area contributed by atoms with Crippen LogP contribution in [0, 0.1) is 6.92 Å². The van der Waals surface area contributed by atoms with E-state index in [1.807, 2.05) is 44.9 Å². The van der Waals surface area contributed by atoms with Crippen LogP contribution in [0.4, 0.5) is 13.2 Å². The molecule has 1 spiro atoms. The summed E-state index contributed by atoms with van der Waals surface area (Å²) >= 11 is -1.57. The van der Waals surface area contributed by atoms with Crippen LogP contribution in [0.15, 0.2) is 30.3 Å². The van der Waals surface area contributed by atoms with Gasteiger partial charge in [-0.25, -0.2) is 4.39 Å². The maximum atomic E-state index is 15.2. The first-order valence-electron chi connectivity index (χ1n) is 12.3. The van der Waals surface area contributed by atoms with Gasteiger partial charge in [-0.3, -0.25) is 9.69 Å². The first-order chi connectivity index (χ1) is 16.8. The smallest absolute Gasteiger partial charge is 0.329 e. The molecule has 0 aliphatic carbocycles. The van der Waals surface area contributed by atoms with Crippen molar-refractivity contribution >= 4 is 31.2 Å². The van der Waals surface area contributed by atoms with E-state index in [2.05, 4.69) is 9.41 Å². The molecule has 4 rings (SSSR count). The Labute approximate surface area is 221 Å². The van der Waals surface area contributed by atoms with Gasteiger partial charge in [-0.2, -0.15) is 8.78 Å². The number of aryl methyl sites for hydroxylation is 1. The Morgan fingerprint density at radius 3 is 2.36 bits per heavy atom. The third kappa shape index (κ3) is 4.50. The second-order valence-corrected chi connectivity index (χ2v) is 13.0. The number of rotatable bonds is 6.